The van der Waals surface area contributed by atoms with Crippen LogP contribution in [-0.4, -0.2) is 20.8 Å². The van der Waals surface area contributed by atoms with Crippen molar-refractivity contribution < 1.29 is 14.2 Å². The smallest absolute Gasteiger partial charge is 0.179 e. The van der Waals surface area contributed by atoms with Crippen LogP contribution in [0.15, 0.2) is 12.1 Å². The molecule has 0 aromatic heterocycles. The second kappa shape index (κ2) is 3.67. The molecule has 0 N–H and O–H groups in total. The van der Waals surface area contributed by atoms with E-state index in [0.29, 0.717) is 16.5 Å². The summed E-state index contributed by atoms with van der Waals surface area (Å²) in [5.41, 5.74) is 0.962. The number of benzene rings is 1. The van der Waals surface area contributed by atoms with Crippen molar-refractivity contribution in [3.8, 4) is 11.5 Å². The third-order valence-corrected chi connectivity index (χ3v) is 2.58. The molecule has 1 aromatic rings. The Labute approximate surface area is 87.5 Å². The lowest BCUT2D eigenvalue weighted by Crippen LogP contribution is -1.94. The predicted octanol–water partition coefficient (Wildman–Crippen LogP) is 2.43. The lowest BCUT2D eigenvalue weighted by atomic mass is 10.1. The SMILES string of the molecule is COc1ccc([C@@H]2CO2)c(Cl)c1OC. The fourth-order valence-corrected chi connectivity index (χ4v) is 1.74. The summed E-state index contributed by atoms with van der Waals surface area (Å²) in [6.45, 7) is 0.731. The zero-order valence-corrected chi connectivity index (χ0v) is 8.80. The molecule has 76 valence electrons. The number of rotatable bonds is 3. The molecule has 0 bridgehead atoms. The molecule has 2 rings (SSSR count). The van der Waals surface area contributed by atoms with Gasteiger partial charge in [0.2, 0.25) is 0 Å². The standard InChI is InChI=1S/C10H11ClO3/c1-12-7-4-3-6(8-5-14-8)9(11)10(7)13-2/h3-4,8H,5H2,1-2H3/t8-/m0/s1. The fraction of sp³-hybridized carbons (Fsp3) is 0.400. The topological polar surface area (TPSA) is 31.0 Å². The Kier molecular flexibility index (Phi) is 2.52. The highest BCUT2D eigenvalue weighted by atomic mass is 35.5. The number of hydrogen-bond donors (Lipinski definition) is 0. The molecule has 0 aliphatic carbocycles. The number of ether oxygens (including phenoxy) is 3. The molecule has 1 saturated heterocycles. The van der Waals surface area contributed by atoms with Crippen LogP contribution in [0, 0.1) is 0 Å². The molecule has 4 heteroatoms. The van der Waals surface area contributed by atoms with Crippen LogP contribution in [0.5, 0.6) is 11.5 Å². The Morgan fingerprint density at radius 3 is 2.57 bits per heavy atom. The molecule has 1 aliphatic heterocycles. The second-order valence-corrected chi connectivity index (χ2v) is 3.40. The molecule has 1 aliphatic rings. The molecule has 1 heterocycles. The van der Waals surface area contributed by atoms with Crippen LogP contribution in [0.4, 0.5) is 0 Å². The van der Waals surface area contributed by atoms with Gasteiger partial charge in [-0.2, -0.15) is 0 Å². The van der Waals surface area contributed by atoms with E-state index in [1.165, 1.54) is 0 Å². The van der Waals surface area contributed by atoms with Gasteiger partial charge in [0.25, 0.3) is 0 Å². The Morgan fingerprint density at radius 1 is 1.36 bits per heavy atom. The Morgan fingerprint density at radius 2 is 2.07 bits per heavy atom. The van der Waals surface area contributed by atoms with E-state index in [1.807, 2.05) is 12.1 Å². The van der Waals surface area contributed by atoms with Crippen molar-refractivity contribution in [2.24, 2.45) is 0 Å². The predicted molar refractivity (Wildman–Crippen MR) is 53.2 cm³/mol. The van der Waals surface area contributed by atoms with Gasteiger partial charge in [0, 0.05) is 5.56 Å². The summed E-state index contributed by atoms with van der Waals surface area (Å²) < 4.78 is 15.5. The summed E-state index contributed by atoms with van der Waals surface area (Å²) in [5, 5.41) is 0.578. The first-order chi connectivity index (χ1) is 6.77. The Bertz CT molecular complexity index is 347. The number of epoxide rings is 1. The molecule has 0 amide bonds. The van der Waals surface area contributed by atoms with E-state index in [1.54, 1.807) is 14.2 Å². The van der Waals surface area contributed by atoms with Crippen LogP contribution >= 0.6 is 11.6 Å². The van der Waals surface area contributed by atoms with Crippen molar-refractivity contribution in [1.29, 1.82) is 0 Å². The molecule has 0 spiro atoms. The average molecular weight is 215 g/mol. The van der Waals surface area contributed by atoms with Crippen molar-refractivity contribution >= 4 is 11.6 Å². The van der Waals surface area contributed by atoms with Gasteiger partial charge < -0.3 is 14.2 Å². The van der Waals surface area contributed by atoms with Gasteiger partial charge in [-0.3, -0.25) is 0 Å². The molecule has 1 atom stereocenters. The number of halogens is 1. The maximum Gasteiger partial charge on any atom is 0.179 e. The van der Waals surface area contributed by atoms with Crippen molar-refractivity contribution in [2.75, 3.05) is 20.8 Å². The van der Waals surface area contributed by atoms with Crippen molar-refractivity contribution in [3.63, 3.8) is 0 Å². The van der Waals surface area contributed by atoms with Crippen LogP contribution in [0.1, 0.15) is 11.7 Å². The zero-order valence-electron chi connectivity index (χ0n) is 8.04. The quantitative estimate of drug-likeness (QED) is 0.725. The fourth-order valence-electron chi connectivity index (χ4n) is 1.38. The van der Waals surface area contributed by atoms with Gasteiger partial charge in [0.15, 0.2) is 11.5 Å². The molecular weight excluding hydrogens is 204 g/mol. The summed E-state index contributed by atoms with van der Waals surface area (Å²) >= 11 is 6.14. The number of methoxy groups -OCH3 is 2. The van der Waals surface area contributed by atoms with Crippen molar-refractivity contribution in [3.05, 3.63) is 22.7 Å². The van der Waals surface area contributed by atoms with E-state index in [2.05, 4.69) is 0 Å². The Balaban J connectivity index is 2.45. The van der Waals surface area contributed by atoms with Crippen LogP contribution in [0.25, 0.3) is 0 Å². The highest BCUT2D eigenvalue weighted by molar-refractivity contribution is 6.33. The van der Waals surface area contributed by atoms with Crippen molar-refractivity contribution in [1.82, 2.24) is 0 Å². The van der Waals surface area contributed by atoms with E-state index in [4.69, 9.17) is 25.8 Å². The number of hydrogen-bond acceptors (Lipinski definition) is 3. The lowest BCUT2D eigenvalue weighted by molar-refractivity contribution is 0.353. The minimum atomic E-state index is 0.127. The maximum atomic E-state index is 6.14. The molecular formula is C10H11ClO3. The van der Waals surface area contributed by atoms with Crippen LogP contribution in [0.3, 0.4) is 0 Å². The first-order valence-corrected chi connectivity index (χ1v) is 4.67. The molecule has 1 aromatic carbocycles. The van der Waals surface area contributed by atoms with Gasteiger partial charge in [0.05, 0.1) is 25.8 Å². The molecule has 14 heavy (non-hydrogen) atoms. The van der Waals surface area contributed by atoms with Crippen LogP contribution in [0.2, 0.25) is 5.02 Å². The normalized spacial score (nSPS) is 19.2. The van der Waals surface area contributed by atoms with E-state index < -0.39 is 0 Å². The van der Waals surface area contributed by atoms with Gasteiger partial charge in [-0.15, -0.1) is 0 Å². The summed E-state index contributed by atoms with van der Waals surface area (Å²) in [4.78, 5) is 0. The highest BCUT2D eigenvalue weighted by Gasteiger charge is 2.29. The lowest BCUT2D eigenvalue weighted by Gasteiger charge is -2.11. The molecule has 0 unspecified atom stereocenters. The zero-order chi connectivity index (χ0) is 10.1. The molecule has 1 fully saturated rings. The van der Waals surface area contributed by atoms with Crippen LogP contribution < -0.4 is 9.47 Å². The van der Waals surface area contributed by atoms with Gasteiger partial charge in [-0.25, -0.2) is 0 Å². The van der Waals surface area contributed by atoms with Gasteiger partial charge in [-0.1, -0.05) is 17.7 Å². The highest BCUT2D eigenvalue weighted by Crippen LogP contribution is 2.43. The van der Waals surface area contributed by atoms with Crippen LogP contribution in [-0.2, 0) is 4.74 Å². The van der Waals surface area contributed by atoms with E-state index in [-0.39, 0.29) is 6.10 Å². The largest absolute Gasteiger partial charge is 0.493 e. The third-order valence-electron chi connectivity index (χ3n) is 2.20. The summed E-state index contributed by atoms with van der Waals surface area (Å²) in [5.74, 6) is 1.21. The van der Waals surface area contributed by atoms with Gasteiger partial charge in [-0.05, 0) is 6.07 Å². The first kappa shape index (κ1) is 9.62. The van der Waals surface area contributed by atoms with Gasteiger partial charge >= 0.3 is 0 Å². The summed E-state index contributed by atoms with van der Waals surface area (Å²) in [6.07, 6.45) is 0.127. The van der Waals surface area contributed by atoms with Crippen molar-refractivity contribution in [2.45, 2.75) is 6.10 Å². The second-order valence-electron chi connectivity index (χ2n) is 3.03. The summed E-state index contributed by atoms with van der Waals surface area (Å²) in [6, 6.07) is 3.74. The van der Waals surface area contributed by atoms with E-state index in [9.17, 15) is 0 Å². The molecule has 0 radical (unpaired) electrons. The maximum absolute atomic E-state index is 6.14. The first-order valence-electron chi connectivity index (χ1n) is 4.30. The minimum Gasteiger partial charge on any atom is -0.493 e. The Hall–Kier alpha value is -0.930. The third kappa shape index (κ3) is 1.53. The van der Waals surface area contributed by atoms with E-state index in [0.717, 1.165) is 12.2 Å². The summed E-state index contributed by atoms with van der Waals surface area (Å²) in [7, 11) is 3.16. The monoisotopic (exact) mass is 214 g/mol. The average Bonchev–Trinajstić information content (AvgIpc) is 3.00. The van der Waals surface area contributed by atoms with Gasteiger partial charge in [0.1, 0.15) is 6.10 Å². The molecule has 3 nitrogen and oxygen atoms in total. The van der Waals surface area contributed by atoms with E-state index >= 15 is 0 Å². The minimum absolute atomic E-state index is 0.127. The molecule has 0 saturated carbocycles.